The standard InChI is InChI=1S/C8H5NO2.C6H6O.C5H5N/c10-7-5-3-1-2-4-6(5)8(11)9-7;7-6-4-2-1-3-5-6;1-2-4-6-5-3-1/h1-4H,(H,9,10,11);1-5,7H;1-5H. The molecule has 0 aliphatic carbocycles. The summed E-state index contributed by atoms with van der Waals surface area (Å²) >= 11 is 0. The second-order valence-electron chi connectivity index (χ2n) is 4.69. The summed E-state index contributed by atoms with van der Waals surface area (Å²) < 4.78 is 0. The number of aromatic hydroxyl groups is 1. The van der Waals surface area contributed by atoms with Crippen LogP contribution in [-0.2, 0) is 0 Å². The number of phenols is 1. The van der Waals surface area contributed by atoms with Crippen molar-refractivity contribution in [3.05, 3.63) is 96.3 Å². The first-order valence-corrected chi connectivity index (χ1v) is 7.22. The summed E-state index contributed by atoms with van der Waals surface area (Å²) in [6, 6.07) is 21.2. The number of imide groups is 1. The van der Waals surface area contributed by atoms with Gasteiger partial charge in [-0.3, -0.25) is 19.9 Å². The van der Waals surface area contributed by atoms with Gasteiger partial charge >= 0.3 is 0 Å². The normalized spacial score (nSPS) is 11.2. The maximum absolute atomic E-state index is 10.9. The van der Waals surface area contributed by atoms with Gasteiger partial charge in [0.15, 0.2) is 0 Å². The SMILES string of the molecule is O=C1NC(=O)c2ccccc21.Oc1ccccc1.c1ccncc1. The van der Waals surface area contributed by atoms with E-state index in [0.29, 0.717) is 16.9 Å². The monoisotopic (exact) mass is 320 g/mol. The second kappa shape index (κ2) is 8.85. The molecule has 5 heteroatoms. The number of hydrogen-bond donors (Lipinski definition) is 2. The van der Waals surface area contributed by atoms with Crippen molar-refractivity contribution in [3.8, 4) is 5.75 Å². The van der Waals surface area contributed by atoms with Crippen LogP contribution >= 0.6 is 0 Å². The van der Waals surface area contributed by atoms with Crippen LogP contribution in [0.4, 0.5) is 0 Å². The fraction of sp³-hybridized carbons (Fsp3) is 0. The third kappa shape index (κ3) is 5.06. The van der Waals surface area contributed by atoms with Gasteiger partial charge in [-0.05, 0) is 36.4 Å². The van der Waals surface area contributed by atoms with Gasteiger partial charge in [0.05, 0.1) is 11.1 Å². The lowest BCUT2D eigenvalue weighted by Gasteiger charge is -1.88. The molecule has 0 atom stereocenters. The van der Waals surface area contributed by atoms with Gasteiger partial charge in [0.25, 0.3) is 11.8 Å². The molecule has 2 heterocycles. The van der Waals surface area contributed by atoms with Crippen LogP contribution in [0.1, 0.15) is 20.7 Å². The largest absolute Gasteiger partial charge is 0.508 e. The van der Waals surface area contributed by atoms with E-state index in [9.17, 15) is 9.59 Å². The summed E-state index contributed by atoms with van der Waals surface area (Å²) in [5, 5.41) is 10.8. The molecular weight excluding hydrogens is 304 g/mol. The van der Waals surface area contributed by atoms with Crippen LogP contribution in [0, 0.1) is 0 Å². The summed E-state index contributed by atoms with van der Waals surface area (Å²) in [7, 11) is 0. The van der Waals surface area contributed by atoms with Crippen LogP contribution in [0.3, 0.4) is 0 Å². The number of rotatable bonds is 0. The Morgan fingerprint density at radius 1 is 0.667 bits per heavy atom. The fourth-order valence-corrected chi connectivity index (χ4v) is 1.86. The summed E-state index contributed by atoms with van der Waals surface area (Å²) in [4.78, 5) is 25.7. The lowest BCUT2D eigenvalue weighted by Crippen LogP contribution is -2.19. The molecule has 2 amide bonds. The number of fused-ring (bicyclic) bond motifs is 1. The highest BCUT2D eigenvalue weighted by Gasteiger charge is 2.25. The summed E-state index contributed by atoms with van der Waals surface area (Å²) in [5.41, 5.74) is 0.940. The van der Waals surface area contributed by atoms with E-state index >= 15 is 0 Å². The summed E-state index contributed by atoms with van der Waals surface area (Å²) in [5.74, 6) is -0.279. The number of phenolic OH excluding ortho intramolecular Hbond substituents is 1. The molecule has 4 rings (SSSR count). The number of carbonyl (C=O) groups is 2. The molecule has 0 saturated carbocycles. The summed E-state index contributed by atoms with van der Waals surface area (Å²) in [6.07, 6.45) is 3.50. The lowest BCUT2D eigenvalue weighted by molar-refractivity contribution is 0.0879. The second-order valence-corrected chi connectivity index (χ2v) is 4.69. The highest BCUT2D eigenvalue weighted by Crippen LogP contribution is 2.13. The smallest absolute Gasteiger partial charge is 0.258 e. The zero-order valence-corrected chi connectivity index (χ0v) is 12.8. The molecule has 0 unspecified atom stereocenters. The molecule has 2 aromatic carbocycles. The molecule has 0 fully saturated rings. The van der Waals surface area contributed by atoms with Crippen molar-refractivity contribution in [2.24, 2.45) is 0 Å². The highest BCUT2D eigenvalue weighted by atomic mass is 16.3. The quantitative estimate of drug-likeness (QED) is 0.624. The Hall–Kier alpha value is -3.47. The number of benzene rings is 2. The Bertz CT molecular complexity index is 730. The van der Waals surface area contributed by atoms with Crippen molar-refractivity contribution in [3.63, 3.8) is 0 Å². The van der Waals surface area contributed by atoms with E-state index in [4.69, 9.17) is 5.11 Å². The first-order valence-electron chi connectivity index (χ1n) is 7.22. The first-order chi connectivity index (χ1) is 11.7. The molecule has 120 valence electrons. The van der Waals surface area contributed by atoms with Gasteiger partial charge in [0.2, 0.25) is 0 Å². The number of aromatic nitrogens is 1. The number of para-hydroxylation sites is 1. The topological polar surface area (TPSA) is 79.3 Å². The van der Waals surface area contributed by atoms with Crippen molar-refractivity contribution >= 4 is 11.8 Å². The molecule has 0 radical (unpaired) electrons. The molecule has 24 heavy (non-hydrogen) atoms. The van der Waals surface area contributed by atoms with Gasteiger partial charge < -0.3 is 5.11 Å². The maximum atomic E-state index is 10.9. The summed E-state index contributed by atoms with van der Waals surface area (Å²) in [6.45, 7) is 0. The van der Waals surface area contributed by atoms with E-state index < -0.39 is 0 Å². The minimum atomic E-state index is -0.300. The third-order valence-electron chi connectivity index (χ3n) is 2.97. The van der Waals surface area contributed by atoms with E-state index in [2.05, 4.69) is 10.3 Å². The van der Waals surface area contributed by atoms with E-state index in [1.807, 2.05) is 24.3 Å². The number of nitrogens with one attached hydrogen (secondary N) is 1. The van der Waals surface area contributed by atoms with Crippen LogP contribution in [0.25, 0.3) is 0 Å². The van der Waals surface area contributed by atoms with Gasteiger partial charge in [-0.25, -0.2) is 0 Å². The van der Waals surface area contributed by atoms with Gasteiger partial charge in [0.1, 0.15) is 5.75 Å². The number of carbonyl (C=O) groups excluding carboxylic acids is 2. The van der Waals surface area contributed by atoms with Crippen LogP contribution < -0.4 is 5.32 Å². The Morgan fingerprint density at radius 2 is 1.12 bits per heavy atom. The van der Waals surface area contributed by atoms with Crippen molar-refractivity contribution in [1.29, 1.82) is 0 Å². The number of amides is 2. The van der Waals surface area contributed by atoms with Crippen LogP contribution in [-0.4, -0.2) is 21.9 Å². The van der Waals surface area contributed by atoms with Crippen molar-refractivity contribution < 1.29 is 14.7 Å². The number of pyridine rings is 1. The maximum Gasteiger partial charge on any atom is 0.258 e. The predicted molar refractivity (Wildman–Crippen MR) is 90.6 cm³/mol. The Balaban J connectivity index is 0.000000139. The molecule has 0 bridgehead atoms. The molecular formula is C19H16N2O3. The molecule has 0 spiro atoms. The number of hydrogen-bond acceptors (Lipinski definition) is 4. The minimum Gasteiger partial charge on any atom is -0.508 e. The number of nitrogens with zero attached hydrogens (tertiary/aromatic N) is 1. The van der Waals surface area contributed by atoms with Crippen molar-refractivity contribution in [2.75, 3.05) is 0 Å². The van der Waals surface area contributed by atoms with Crippen LogP contribution in [0.2, 0.25) is 0 Å². The van der Waals surface area contributed by atoms with E-state index in [-0.39, 0.29) is 11.8 Å². The zero-order chi connectivity index (χ0) is 17.2. The highest BCUT2D eigenvalue weighted by molar-refractivity contribution is 6.21. The lowest BCUT2D eigenvalue weighted by atomic mass is 10.1. The third-order valence-corrected chi connectivity index (χ3v) is 2.97. The molecule has 3 aromatic rings. The minimum absolute atomic E-state index is 0.300. The van der Waals surface area contributed by atoms with E-state index in [0.717, 1.165) is 0 Å². The molecule has 5 nitrogen and oxygen atoms in total. The van der Waals surface area contributed by atoms with Gasteiger partial charge in [-0.1, -0.05) is 36.4 Å². The van der Waals surface area contributed by atoms with Crippen molar-refractivity contribution in [2.45, 2.75) is 0 Å². The Morgan fingerprint density at radius 3 is 1.46 bits per heavy atom. The van der Waals surface area contributed by atoms with Crippen LogP contribution in [0.5, 0.6) is 5.75 Å². The first kappa shape index (κ1) is 16.9. The molecule has 2 N–H and O–H groups in total. The average molecular weight is 320 g/mol. The Kier molecular flexibility index (Phi) is 6.23. The predicted octanol–water partition coefficient (Wildman–Crippen LogP) is 3.04. The molecule has 0 saturated heterocycles. The van der Waals surface area contributed by atoms with E-state index in [1.165, 1.54) is 0 Å². The zero-order valence-electron chi connectivity index (χ0n) is 12.8. The molecule has 1 aliphatic rings. The molecule has 1 aliphatic heterocycles. The van der Waals surface area contributed by atoms with E-state index in [1.54, 1.807) is 60.9 Å². The van der Waals surface area contributed by atoms with Gasteiger partial charge in [-0.2, -0.15) is 0 Å². The van der Waals surface area contributed by atoms with Crippen molar-refractivity contribution in [1.82, 2.24) is 10.3 Å². The fourth-order valence-electron chi connectivity index (χ4n) is 1.86. The average Bonchev–Trinajstić information content (AvgIpc) is 2.93. The Labute approximate surface area is 139 Å². The van der Waals surface area contributed by atoms with Gasteiger partial charge in [-0.15, -0.1) is 0 Å². The van der Waals surface area contributed by atoms with Gasteiger partial charge in [0, 0.05) is 12.4 Å². The molecule has 1 aromatic heterocycles. The van der Waals surface area contributed by atoms with Crippen LogP contribution in [0.15, 0.2) is 85.2 Å².